The molecule has 4 rings (SSSR count). The molecule has 1 saturated carbocycles. The molecule has 1 aliphatic carbocycles. The number of benzene rings is 1. The van der Waals surface area contributed by atoms with E-state index in [2.05, 4.69) is 29.0 Å². The molecule has 1 fully saturated rings. The summed E-state index contributed by atoms with van der Waals surface area (Å²) in [6, 6.07) is 8.33. The van der Waals surface area contributed by atoms with Crippen molar-refractivity contribution in [3.63, 3.8) is 0 Å². The predicted octanol–water partition coefficient (Wildman–Crippen LogP) is 4.17. The fourth-order valence-corrected chi connectivity index (χ4v) is 3.91. The van der Waals surface area contributed by atoms with Crippen LogP contribution in [0.2, 0.25) is 0 Å². The minimum atomic E-state index is 0.642. The molecular formula is C17H19N3S. The summed E-state index contributed by atoms with van der Waals surface area (Å²) in [5.41, 5.74) is 10.4. The quantitative estimate of drug-likeness (QED) is 0.735. The first-order valence-electron chi connectivity index (χ1n) is 7.57. The van der Waals surface area contributed by atoms with Crippen LogP contribution in [0.25, 0.3) is 11.0 Å². The van der Waals surface area contributed by atoms with E-state index in [4.69, 9.17) is 10.7 Å². The SMILES string of the molecule is CCc1ccsc1Cn1c(C2CC2)nc2cc(N)ccc21. The van der Waals surface area contributed by atoms with Crippen LogP contribution in [0.15, 0.2) is 29.6 Å². The molecule has 2 aromatic heterocycles. The highest BCUT2D eigenvalue weighted by Gasteiger charge is 2.29. The van der Waals surface area contributed by atoms with Gasteiger partial charge in [0.05, 0.1) is 17.6 Å². The Morgan fingerprint density at radius 2 is 2.19 bits per heavy atom. The molecular weight excluding hydrogens is 278 g/mol. The highest BCUT2D eigenvalue weighted by Crippen LogP contribution is 2.41. The molecule has 0 radical (unpaired) electrons. The second-order valence-corrected chi connectivity index (χ2v) is 6.80. The van der Waals surface area contributed by atoms with Crippen molar-refractivity contribution in [1.82, 2.24) is 9.55 Å². The Morgan fingerprint density at radius 3 is 2.95 bits per heavy atom. The predicted molar refractivity (Wildman–Crippen MR) is 88.9 cm³/mol. The normalized spacial score (nSPS) is 14.9. The summed E-state index contributed by atoms with van der Waals surface area (Å²) in [6.45, 7) is 3.16. The second kappa shape index (κ2) is 4.88. The van der Waals surface area contributed by atoms with Gasteiger partial charge in [-0.1, -0.05) is 6.92 Å². The molecule has 1 aliphatic rings. The lowest BCUT2D eigenvalue weighted by molar-refractivity contribution is 0.750. The van der Waals surface area contributed by atoms with Gasteiger partial charge in [0.2, 0.25) is 0 Å². The van der Waals surface area contributed by atoms with Crippen molar-refractivity contribution in [2.24, 2.45) is 0 Å². The summed E-state index contributed by atoms with van der Waals surface area (Å²) in [4.78, 5) is 6.31. The van der Waals surface area contributed by atoms with Crippen molar-refractivity contribution in [3.05, 3.63) is 45.9 Å². The van der Waals surface area contributed by atoms with Crippen LogP contribution >= 0.6 is 11.3 Å². The highest BCUT2D eigenvalue weighted by atomic mass is 32.1. The van der Waals surface area contributed by atoms with Gasteiger partial charge in [-0.2, -0.15) is 0 Å². The van der Waals surface area contributed by atoms with Crippen LogP contribution in [0.1, 0.15) is 41.9 Å². The minimum absolute atomic E-state index is 0.642. The Morgan fingerprint density at radius 1 is 1.33 bits per heavy atom. The van der Waals surface area contributed by atoms with Gasteiger partial charge in [0, 0.05) is 16.5 Å². The number of nitrogens with zero attached hydrogens (tertiary/aromatic N) is 2. The smallest absolute Gasteiger partial charge is 0.113 e. The van der Waals surface area contributed by atoms with Crippen LogP contribution in [-0.2, 0) is 13.0 Å². The number of hydrogen-bond acceptors (Lipinski definition) is 3. The van der Waals surface area contributed by atoms with E-state index in [0.29, 0.717) is 5.92 Å². The molecule has 0 aliphatic heterocycles. The number of anilines is 1. The minimum Gasteiger partial charge on any atom is -0.399 e. The number of hydrogen-bond donors (Lipinski definition) is 1. The zero-order chi connectivity index (χ0) is 14.4. The van der Waals surface area contributed by atoms with Gasteiger partial charge >= 0.3 is 0 Å². The topological polar surface area (TPSA) is 43.8 Å². The second-order valence-electron chi connectivity index (χ2n) is 5.80. The monoisotopic (exact) mass is 297 g/mol. The number of rotatable bonds is 4. The Bertz CT molecular complexity index is 796. The Balaban J connectivity index is 1.84. The Kier molecular flexibility index (Phi) is 3.00. The summed E-state index contributed by atoms with van der Waals surface area (Å²) in [7, 11) is 0. The van der Waals surface area contributed by atoms with Crippen molar-refractivity contribution in [3.8, 4) is 0 Å². The molecule has 4 heteroatoms. The number of aryl methyl sites for hydroxylation is 1. The molecule has 0 amide bonds. The lowest BCUT2D eigenvalue weighted by Crippen LogP contribution is -2.04. The largest absolute Gasteiger partial charge is 0.399 e. The summed E-state index contributed by atoms with van der Waals surface area (Å²) in [5, 5.41) is 2.20. The molecule has 21 heavy (non-hydrogen) atoms. The number of nitrogen functional groups attached to an aromatic ring is 1. The average Bonchev–Trinajstić information content (AvgIpc) is 3.13. The first kappa shape index (κ1) is 12.9. The summed E-state index contributed by atoms with van der Waals surface area (Å²) >= 11 is 1.85. The third-order valence-electron chi connectivity index (χ3n) is 4.26. The van der Waals surface area contributed by atoms with Crippen molar-refractivity contribution in [1.29, 1.82) is 0 Å². The number of aromatic nitrogens is 2. The van der Waals surface area contributed by atoms with Gasteiger partial charge in [0.15, 0.2) is 0 Å². The van der Waals surface area contributed by atoms with Crippen LogP contribution in [0.3, 0.4) is 0 Å². The fourth-order valence-electron chi connectivity index (χ4n) is 2.95. The lowest BCUT2D eigenvalue weighted by atomic mass is 10.2. The van der Waals surface area contributed by atoms with E-state index in [1.54, 1.807) is 0 Å². The molecule has 0 bridgehead atoms. The third-order valence-corrected chi connectivity index (χ3v) is 5.21. The van der Waals surface area contributed by atoms with E-state index in [9.17, 15) is 0 Å². The summed E-state index contributed by atoms with van der Waals surface area (Å²) in [5.74, 6) is 1.88. The van der Waals surface area contributed by atoms with Crippen LogP contribution < -0.4 is 5.73 Å². The molecule has 0 spiro atoms. The van der Waals surface area contributed by atoms with Crippen molar-refractivity contribution in [2.45, 2.75) is 38.6 Å². The molecule has 3 nitrogen and oxygen atoms in total. The van der Waals surface area contributed by atoms with E-state index in [1.165, 1.54) is 34.6 Å². The molecule has 1 aromatic carbocycles. The maximum atomic E-state index is 5.91. The molecule has 0 saturated heterocycles. The van der Waals surface area contributed by atoms with Gasteiger partial charge in [-0.15, -0.1) is 11.3 Å². The van der Waals surface area contributed by atoms with Crippen LogP contribution in [-0.4, -0.2) is 9.55 Å². The zero-order valence-corrected chi connectivity index (χ0v) is 13.0. The number of fused-ring (bicyclic) bond motifs is 1. The number of imidazole rings is 1. The van der Waals surface area contributed by atoms with Gasteiger partial charge in [-0.25, -0.2) is 4.98 Å². The lowest BCUT2D eigenvalue weighted by Gasteiger charge is -2.09. The van der Waals surface area contributed by atoms with Gasteiger partial charge in [0.25, 0.3) is 0 Å². The highest BCUT2D eigenvalue weighted by molar-refractivity contribution is 7.10. The van der Waals surface area contributed by atoms with Crippen molar-refractivity contribution < 1.29 is 0 Å². The van der Waals surface area contributed by atoms with E-state index in [1.807, 2.05) is 23.5 Å². The molecule has 2 N–H and O–H groups in total. The van der Waals surface area contributed by atoms with Gasteiger partial charge < -0.3 is 10.3 Å². The Hall–Kier alpha value is -1.81. The van der Waals surface area contributed by atoms with Gasteiger partial charge in [0.1, 0.15) is 5.82 Å². The van der Waals surface area contributed by atoms with Gasteiger partial charge in [-0.05, 0) is 54.5 Å². The van der Waals surface area contributed by atoms with Crippen LogP contribution in [0.4, 0.5) is 5.69 Å². The van der Waals surface area contributed by atoms with Crippen molar-refractivity contribution in [2.75, 3.05) is 5.73 Å². The number of thiophene rings is 1. The molecule has 108 valence electrons. The third kappa shape index (κ3) is 2.23. The summed E-state index contributed by atoms with van der Waals surface area (Å²) < 4.78 is 2.40. The maximum Gasteiger partial charge on any atom is 0.113 e. The fraction of sp³-hybridized carbons (Fsp3) is 0.353. The first-order chi connectivity index (χ1) is 10.3. The Labute approximate surface area is 128 Å². The van der Waals surface area contributed by atoms with E-state index >= 15 is 0 Å². The van der Waals surface area contributed by atoms with Crippen molar-refractivity contribution >= 4 is 28.1 Å². The average molecular weight is 297 g/mol. The number of nitrogens with two attached hydrogens (primary N) is 1. The molecule has 2 heterocycles. The standard InChI is InChI=1S/C17H19N3S/c1-2-11-7-8-21-16(11)10-20-15-6-5-13(18)9-14(15)19-17(20)12-3-4-12/h5-9,12H,2-4,10,18H2,1H3. The van der Waals surface area contributed by atoms with E-state index in [0.717, 1.165) is 24.2 Å². The van der Waals surface area contributed by atoms with E-state index in [-0.39, 0.29) is 0 Å². The van der Waals surface area contributed by atoms with Gasteiger partial charge in [-0.3, -0.25) is 0 Å². The molecule has 3 aromatic rings. The molecule has 0 atom stereocenters. The zero-order valence-electron chi connectivity index (χ0n) is 12.2. The first-order valence-corrected chi connectivity index (χ1v) is 8.45. The van der Waals surface area contributed by atoms with Crippen LogP contribution in [0, 0.1) is 0 Å². The van der Waals surface area contributed by atoms with Crippen LogP contribution in [0.5, 0.6) is 0 Å². The maximum absolute atomic E-state index is 5.91. The molecule has 0 unspecified atom stereocenters. The summed E-state index contributed by atoms with van der Waals surface area (Å²) in [6.07, 6.45) is 3.63. The van der Waals surface area contributed by atoms with E-state index < -0.39 is 0 Å².